The molecule has 0 unspecified atom stereocenters. The van der Waals surface area contributed by atoms with Crippen LogP contribution < -0.4 is 10.1 Å². The van der Waals surface area contributed by atoms with E-state index >= 15 is 0 Å². The number of urea groups is 1. The van der Waals surface area contributed by atoms with Gasteiger partial charge in [0.15, 0.2) is 0 Å². The van der Waals surface area contributed by atoms with Gasteiger partial charge in [-0.3, -0.25) is 9.69 Å². The fourth-order valence-electron chi connectivity index (χ4n) is 3.87. The zero-order chi connectivity index (χ0) is 22.8. The highest BCUT2D eigenvalue weighted by Gasteiger charge is 2.51. The molecular weight excluding hydrogens is 400 g/mol. The summed E-state index contributed by atoms with van der Waals surface area (Å²) in [6.07, 6.45) is 0.0963. The molecule has 1 aromatic carbocycles. The summed E-state index contributed by atoms with van der Waals surface area (Å²) in [5.74, 6) is 0.422. The predicted molar refractivity (Wildman–Crippen MR) is 115 cm³/mol. The molecule has 4 amide bonds. The summed E-state index contributed by atoms with van der Waals surface area (Å²) >= 11 is 0. The summed E-state index contributed by atoms with van der Waals surface area (Å²) in [5, 5.41) is 2.90. The van der Waals surface area contributed by atoms with Gasteiger partial charge in [0, 0.05) is 26.2 Å². The number of methoxy groups -OCH3 is 1. The summed E-state index contributed by atoms with van der Waals surface area (Å²) < 4.78 is 10.6. The molecule has 0 aromatic heterocycles. The van der Waals surface area contributed by atoms with Gasteiger partial charge in [0.2, 0.25) is 0 Å². The number of hydrogen-bond acceptors (Lipinski definition) is 6. The summed E-state index contributed by atoms with van der Waals surface area (Å²) in [6, 6.07) is 6.78. The number of amides is 4. The lowest BCUT2D eigenvalue weighted by atomic mass is 9.87. The second-order valence-corrected chi connectivity index (χ2v) is 8.88. The highest BCUT2D eigenvalue weighted by atomic mass is 16.6. The molecule has 0 radical (unpaired) electrons. The number of rotatable bonds is 5. The molecule has 0 bridgehead atoms. The number of hydrogen-bond donors (Lipinski definition) is 1. The Morgan fingerprint density at radius 1 is 1.10 bits per heavy atom. The summed E-state index contributed by atoms with van der Waals surface area (Å²) in [5.41, 5.74) is -0.896. The van der Waals surface area contributed by atoms with E-state index in [2.05, 4.69) is 5.32 Å². The van der Waals surface area contributed by atoms with Crippen LogP contribution in [0.25, 0.3) is 0 Å². The van der Waals surface area contributed by atoms with E-state index < -0.39 is 17.2 Å². The molecule has 31 heavy (non-hydrogen) atoms. The smallest absolute Gasteiger partial charge is 0.410 e. The van der Waals surface area contributed by atoms with E-state index in [0.29, 0.717) is 38.3 Å². The van der Waals surface area contributed by atoms with Crippen LogP contribution in [0.15, 0.2) is 24.3 Å². The number of ether oxygens (including phenoxy) is 2. The third kappa shape index (κ3) is 4.76. The molecular formula is C22H32N4O5. The molecule has 2 aliphatic rings. The number of piperazine rings is 1. The van der Waals surface area contributed by atoms with Crippen LogP contribution in [-0.4, -0.2) is 78.3 Å². The first-order valence-corrected chi connectivity index (χ1v) is 10.6. The Labute approximate surface area is 183 Å². The van der Waals surface area contributed by atoms with Crippen molar-refractivity contribution in [2.24, 2.45) is 0 Å². The maximum atomic E-state index is 13.3. The number of benzene rings is 1. The van der Waals surface area contributed by atoms with Crippen LogP contribution in [0.5, 0.6) is 5.75 Å². The van der Waals surface area contributed by atoms with Gasteiger partial charge in [0.05, 0.1) is 13.8 Å². The second-order valence-electron chi connectivity index (χ2n) is 8.88. The molecule has 1 N–H and O–H groups in total. The van der Waals surface area contributed by atoms with Crippen molar-refractivity contribution in [1.82, 2.24) is 20.0 Å². The Balaban J connectivity index is 1.64. The largest absolute Gasteiger partial charge is 0.497 e. The molecule has 0 spiro atoms. The molecule has 2 heterocycles. The van der Waals surface area contributed by atoms with Gasteiger partial charge in [-0.2, -0.15) is 0 Å². The minimum atomic E-state index is -1.08. The monoisotopic (exact) mass is 432 g/mol. The van der Waals surface area contributed by atoms with Crippen LogP contribution in [0, 0.1) is 0 Å². The van der Waals surface area contributed by atoms with Gasteiger partial charge in [-0.25, -0.2) is 14.5 Å². The van der Waals surface area contributed by atoms with Gasteiger partial charge < -0.3 is 19.7 Å². The van der Waals surface area contributed by atoms with E-state index in [1.165, 1.54) is 4.90 Å². The molecule has 0 saturated carbocycles. The van der Waals surface area contributed by atoms with Gasteiger partial charge in [0.1, 0.15) is 16.9 Å². The van der Waals surface area contributed by atoms with Crippen LogP contribution in [-0.2, 0) is 15.1 Å². The molecule has 1 aromatic rings. The van der Waals surface area contributed by atoms with Gasteiger partial charge in [-0.05, 0) is 44.9 Å². The summed E-state index contributed by atoms with van der Waals surface area (Å²) in [4.78, 5) is 43.2. The Bertz CT molecular complexity index is 827. The minimum absolute atomic E-state index is 0.185. The Hall–Kier alpha value is -2.81. The first kappa shape index (κ1) is 22.9. The normalized spacial score (nSPS) is 22.5. The van der Waals surface area contributed by atoms with Crippen LogP contribution in [0.4, 0.5) is 9.59 Å². The average molecular weight is 433 g/mol. The number of carbonyl (C=O) groups excluding carboxylic acids is 3. The Kier molecular flexibility index (Phi) is 6.45. The van der Waals surface area contributed by atoms with Crippen molar-refractivity contribution in [1.29, 1.82) is 0 Å². The van der Waals surface area contributed by atoms with Crippen LogP contribution in [0.2, 0.25) is 0 Å². The zero-order valence-electron chi connectivity index (χ0n) is 18.9. The number of imide groups is 1. The topological polar surface area (TPSA) is 91.4 Å². The first-order valence-electron chi connectivity index (χ1n) is 10.6. The number of nitrogens with one attached hydrogen (secondary N) is 1. The van der Waals surface area contributed by atoms with Gasteiger partial charge in [-0.1, -0.05) is 19.1 Å². The lowest BCUT2D eigenvalue weighted by Crippen LogP contribution is -2.53. The van der Waals surface area contributed by atoms with E-state index in [0.717, 1.165) is 5.56 Å². The quantitative estimate of drug-likeness (QED) is 0.719. The number of carbonyl (C=O) groups is 3. The molecule has 2 aliphatic heterocycles. The fraction of sp³-hybridized carbons (Fsp3) is 0.591. The lowest BCUT2D eigenvalue weighted by Gasteiger charge is -2.36. The summed E-state index contributed by atoms with van der Waals surface area (Å²) in [6.45, 7) is 9.64. The van der Waals surface area contributed by atoms with E-state index in [9.17, 15) is 14.4 Å². The van der Waals surface area contributed by atoms with Crippen LogP contribution in [0.1, 0.15) is 39.7 Å². The third-order valence-corrected chi connectivity index (χ3v) is 5.65. The molecule has 2 saturated heterocycles. The lowest BCUT2D eigenvalue weighted by molar-refractivity contribution is -0.133. The van der Waals surface area contributed by atoms with E-state index in [-0.39, 0.29) is 18.7 Å². The highest BCUT2D eigenvalue weighted by molar-refractivity contribution is 6.07. The molecule has 9 nitrogen and oxygen atoms in total. The average Bonchev–Trinajstić information content (AvgIpc) is 2.98. The zero-order valence-corrected chi connectivity index (χ0v) is 18.9. The Morgan fingerprint density at radius 2 is 1.71 bits per heavy atom. The van der Waals surface area contributed by atoms with E-state index in [1.807, 2.05) is 44.7 Å². The predicted octanol–water partition coefficient (Wildman–Crippen LogP) is 2.36. The maximum Gasteiger partial charge on any atom is 0.410 e. The second kappa shape index (κ2) is 8.74. The van der Waals surface area contributed by atoms with Crippen molar-refractivity contribution in [2.75, 3.05) is 40.0 Å². The third-order valence-electron chi connectivity index (χ3n) is 5.65. The van der Waals surface area contributed by atoms with E-state index in [4.69, 9.17) is 9.47 Å². The highest BCUT2D eigenvalue weighted by Crippen LogP contribution is 2.33. The molecule has 3 rings (SSSR count). The molecule has 9 heteroatoms. The van der Waals surface area contributed by atoms with Crippen molar-refractivity contribution in [3.05, 3.63) is 29.8 Å². The molecule has 0 aliphatic carbocycles. The van der Waals surface area contributed by atoms with Crippen molar-refractivity contribution in [3.63, 3.8) is 0 Å². The molecule has 170 valence electrons. The van der Waals surface area contributed by atoms with Gasteiger partial charge in [0.25, 0.3) is 5.91 Å². The fourth-order valence-corrected chi connectivity index (χ4v) is 3.87. The minimum Gasteiger partial charge on any atom is -0.497 e. The van der Waals surface area contributed by atoms with Crippen molar-refractivity contribution >= 4 is 18.0 Å². The standard InChI is InChI=1S/C22H32N4O5/c1-6-22(16-7-9-17(30-5)10-8-16)18(27)26(19(28)23-22)15-24-11-13-25(14-12-24)20(29)31-21(2,3)4/h7-10H,6,11-15H2,1-5H3,(H,23,28)/t22-/m0/s1. The molecule has 1 atom stereocenters. The number of nitrogens with zero attached hydrogens (tertiary/aromatic N) is 3. The van der Waals surface area contributed by atoms with Crippen molar-refractivity contribution in [2.45, 2.75) is 45.3 Å². The summed E-state index contributed by atoms with van der Waals surface area (Å²) in [7, 11) is 1.58. The van der Waals surface area contributed by atoms with Crippen molar-refractivity contribution < 1.29 is 23.9 Å². The van der Waals surface area contributed by atoms with Crippen LogP contribution >= 0.6 is 0 Å². The Morgan fingerprint density at radius 3 is 2.23 bits per heavy atom. The first-order chi connectivity index (χ1) is 14.6. The van der Waals surface area contributed by atoms with Crippen LogP contribution in [0.3, 0.4) is 0 Å². The molecule has 2 fully saturated rings. The van der Waals surface area contributed by atoms with Gasteiger partial charge >= 0.3 is 12.1 Å². The van der Waals surface area contributed by atoms with E-state index in [1.54, 1.807) is 24.1 Å². The van der Waals surface area contributed by atoms with Gasteiger partial charge in [-0.15, -0.1) is 0 Å². The maximum absolute atomic E-state index is 13.3. The SMILES string of the molecule is CC[C@@]1(c2ccc(OC)cc2)NC(=O)N(CN2CCN(C(=O)OC(C)(C)C)CC2)C1=O. The van der Waals surface area contributed by atoms with Crippen molar-refractivity contribution in [3.8, 4) is 5.75 Å².